The molecule has 1 aliphatic carbocycles. The maximum atomic E-state index is 12.5. The zero-order valence-electron chi connectivity index (χ0n) is 13.4. The summed E-state index contributed by atoms with van der Waals surface area (Å²) in [5, 5.41) is 11.9. The van der Waals surface area contributed by atoms with Crippen molar-refractivity contribution in [1.29, 1.82) is 0 Å². The van der Waals surface area contributed by atoms with E-state index in [-0.39, 0.29) is 5.91 Å². The van der Waals surface area contributed by atoms with Crippen molar-refractivity contribution in [2.45, 2.75) is 44.4 Å². The van der Waals surface area contributed by atoms with Crippen LogP contribution in [0.4, 0.5) is 0 Å². The van der Waals surface area contributed by atoms with E-state index in [0.717, 1.165) is 50.2 Å². The molecule has 2 aromatic heterocycles. The second-order valence-corrected chi connectivity index (χ2v) is 6.49. The molecule has 2 aliphatic rings. The normalized spacial score (nSPS) is 18.9. The molecule has 0 aromatic carbocycles. The van der Waals surface area contributed by atoms with E-state index in [1.807, 2.05) is 4.90 Å². The lowest BCUT2D eigenvalue weighted by atomic mass is 9.87. The quantitative estimate of drug-likeness (QED) is 0.843. The minimum Gasteiger partial charge on any atom is -0.361 e. The molecule has 7 nitrogen and oxygen atoms in total. The van der Waals surface area contributed by atoms with E-state index in [4.69, 9.17) is 4.52 Å². The number of hydrogen-bond donors (Lipinski definition) is 0. The molecule has 23 heavy (non-hydrogen) atoms. The van der Waals surface area contributed by atoms with Gasteiger partial charge in [0.2, 0.25) is 0 Å². The molecule has 2 aromatic rings. The van der Waals surface area contributed by atoms with Gasteiger partial charge in [0.15, 0.2) is 0 Å². The molecule has 0 radical (unpaired) electrons. The summed E-state index contributed by atoms with van der Waals surface area (Å²) in [6.45, 7) is 1.48. The van der Waals surface area contributed by atoms with Crippen LogP contribution in [-0.2, 0) is 19.9 Å². The summed E-state index contributed by atoms with van der Waals surface area (Å²) in [7, 11) is 1.74. The van der Waals surface area contributed by atoms with Crippen molar-refractivity contribution in [3.05, 3.63) is 28.9 Å². The second kappa shape index (κ2) is 5.79. The first-order valence-corrected chi connectivity index (χ1v) is 8.35. The van der Waals surface area contributed by atoms with Crippen LogP contribution in [0.2, 0.25) is 0 Å². The summed E-state index contributed by atoms with van der Waals surface area (Å²) in [5.74, 6) is 1.47. The Morgan fingerprint density at radius 1 is 1.26 bits per heavy atom. The van der Waals surface area contributed by atoms with E-state index < -0.39 is 0 Å². The Hall–Kier alpha value is -2.18. The Balaban J connectivity index is 1.44. The molecule has 0 unspecified atom stereocenters. The molecule has 0 N–H and O–H groups in total. The number of rotatable bonds is 2. The van der Waals surface area contributed by atoms with Gasteiger partial charge >= 0.3 is 0 Å². The van der Waals surface area contributed by atoms with Crippen molar-refractivity contribution in [3.63, 3.8) is 0 Å². The van der Waals surface area contributed by atoms with E-state index in [9.17, 15) is 4.79 Å². The van der Waals surface area contributed by atoms with E-state index in [2.05, 4.69) is 15.5 Å². The molecule has 3 heterocycles. The van der Waals surface area contributed by atoms with E-state index >= 15 is 0 Å². The van der Waals surface area contributed by atoms with Crippen LogP contribution in [0.3, 0.4) is 0 Å². The van der Waals surface area contributed by atoms with Gasteiger partial charge in [0.25, 0.3) is 5.91 Å². The molecular weight excluding hydrogens is 294 g/mol. The largest absolute Gasteiger partial charge is 0.361 e. The molecule has 122 valence electrons. The Bertz CT molecular complexity index is 712. The van der Waals surface area contributed by atoms with Gasteiger partial charge in [-0.25, -0.2) is 4.68 Å². The minimum absolute atomic E-state index is 0.00977. The van der Waals surface area contributed by atoms with Crippen LogP contribution in [0.1, 0.15) is 59.1 Å². The highest BCUT2D eigenvalue weighted by Crippen LogP contribution is 2.35. The standard InChI is InChI=1S/C16H21N5O2/c1-20-14(10-17-19-20)16(22)21-8-6-11(7-9-21)15-12-4-2-3-5-13(12)18-23-15/h10-11H,2-9H2,1H3. The summed E-state index contributed by atoms with van der Waals surface area (Å²) in [6, 6.07) is 0. The summed E-state index contributed by atoms with van der Waals surface area (Å²) in [5.41, 5.74) is 3.04. The van der Waals surface area contributed by atoms with Gasteiger partial charge in [-0.1, -0.05) is 10.4 Å². The topological polar surface area (TPSA) is 77.0 Å². The lowest BCUT2D eigenvalue weighted by Crippen LogP contribution is -2.38. The van der Waals surface area contributed by atoms with Gasteiger partial charge in [-0.05, 0) is 38.5 Å². The average Bonchev–Trinajstić information content (AvgIpc) is 3.20. The minimum atomic E-state index is 0.00977. The van der Waals surface area contributed by atoms with Crippen molar-refractivity contribution in [1.82, 2.24) is 25.1 Å². The van der Waals surface area contributed by atoms with Crippen LogP contribution in [0.15, 0.2) is 10.7 Å². The van der Waals surface area contributed by atoms with Crippen molar-refractivity contribution in [2.75, 3.05) is 13.1 Å². The number of nitrogens with zero attached hydrogens (tertiary/aromatic N) is 5. The zero-order valence-corrected chi connectivity index (χ0v) is 13.4. The first-order valence-electron chi connectivity index (χ1n) is 8.35. The smallest absolute Gasteiger partial charge is 0.273 e. The summed E-state index contributed by atoms with van der Waals surface area (Å²) >= 11 is 0. The Morgan fingerprint density at radius 2 is 2.04 bits per heavy atom. The van der Waals surface area contributed by atoms with Crippen molar-refractivity contribution in [3.8, 4) is 0 Å². The molecule has 1 saturated heterocycles. The van der Waals surface area contributed by atoms with Gasteiger partial charge in [0.05, 0.1) is 11.9 Å². The number of aromatic nitrogens is 4. The third-order valence-corrected chi connectivity index (χ3v) is 5.08. The van der Waals surface area contributed by atoms with E-state index in [1.165, 1.54) is 29.3 Å². The van der Waals surface area contributed by atoms with E-state index in [1.54, 1.807) is 7.05 Å². The molecule has 1 aliphatic heterocycles. The van der Waals surface area contributed by atoms with Gasteiger partial charge < -0.3 is 9.42 Å². The van der Waals surface area contributed by atoms with Crippen molar-refractivity contribution in [2.24, 2.45) is 7.05 Å². The number of likely N-dealkylation sites (tertiary alicyclic amines) is 1. The predicted molar refractivity (Wildman–Crippen MR) is 82.0 cm³/mol. The van der Waals surface area contributed by atoms with Gasteiger partial charge in [-0.3, -0.25) is 4.79 Å². The fraction of sp³-hybridized carbons (Fsp3) is 0.625. The van der Waals surface area contributed by atoms with Gasteiger partial charge in [0.1, 0.15) is 11.5 Å². The highest BCUT2D eigenvalue weighted by molar-refractivity contribution is 5.92. The Labute approximate surface area is 134 Å². The van der Waals surface area contributed by atoms with Crippen LogP contribution in [0.5, 0.6) is 0 Å². The first-order chi connectivity index (χ1) is 11.2. The summed E-state index contributed by atoms with van der Waals surface area (Å²) in [4.78, 5) is 14.4. The number of fused-ring (bicyclic) bond motifs is 1. The fourth-order valence-electron chi connectivity index (χ4n) is 3.73. The Morgan fingerprint density at radius 3 is 2.78 bits per heavy atom. The molecule has 0 saturated carbocycles. The van der Waals surface area contributed by atoms with Crippen LogP contribution in [0, 0.1) is 0 Å². The van der Waals surface area contributed by atoms with Crippen molar-refractivity contribution >= 4 is 5.91 Å². The molecule has 0 bridgehead atoms. The number of amides is 1. The number of carbonyl (C=O) groups is 1. The maximum absolute atomic E-state index is 12.5. The average molecular weight is 315 g/mol. The fourth-order valence-corrected chi connectivity index (χ4v) is 3.73. The lowest BCUT2D eigenvalue weighted by molar-refractivity contribution is 0.0694. The van der Waals surface area contributed by atoms with Gasteiger partial charge in [0, 0.05) is 31.6 Å². The molecule has 4 rings (SSSR count). The monoisotopic (exact) mass is 315 g/mol. The molecule has 1 fully saturated rings. The second-order valence-electron chi connectivity index (χ2n) is 6.49. The van der Waals surface area contributed by atoms with E-state index in [0.29, 0.717) is 11.6 Å². The van der Waals surface area contributed by atoms with Crippen LogP contribution in [-0.4, -0.2) is 44.0 Å². The maximum Gasteiger partial charge on any atom is 0.273 e. The van der Waals surface area contributed by atoms with Crippen LogP contribution >= 0.6 is 0 Å². The third-order valence-electron chi connectivity index (χ3n) is 5.08. The van der Waals surface area contributed by atoms with Crippen LogP contribution in [0.25, 0.3) is 0 Å². The number of carbonyl (C=O) groups excluding carboxylic acids is 1. The van der Waals surface area contributed by atoms with Crippen molar-refractivity contribution < 1.29 is 9.32 Å². The highest BCUT2D eigenvalue weighted by atomic mass is 16.5. The summed E-state index contributed by atoms with van der Waals surface area (Å²) in [6.07, 6.45) is 7.97. The van der Waals surface area contributed by atoms with Gasteiger partial charge in [-0.15, -0.1) is 5.10 Å². The predicted octanol–water partition coefficient (Wildman–Crippen LogP) is 1.70. The molecule has 7 heteroatoms. The molecule has 0 atom stereocenters. The SMILES string of the molecule is Cn1nncc1C(=O)N1CCC(c2onc3c2CCCC3)CC1. The first kappa shape index (κ1) is 14.4. The Kier molecular flexibility index (Phi) is 3.63. The van der Waals surface area contributed by atoms with Gasteiger partial charge in [-0.2, -0.15) is 0 Å². The summed E-state index contributed by atoms with van der Waals surface area (Å²) < 4.78 is 7.20. The number of hydrogen-bond acceptors (Lipinski definition) is 5. The third kappa shape index (κ3) is 2.54. The van der Waals surface area contributed by atoms with Crippen LogP contribution < -0.4 is 0 Å². The lowest BCUT2D eigenvalue weighted by Gasteiger charge is -2.31. The molecule has 1 amide bonds. The molecular formula is C16H21N5O2. The number of piperidine rings is 1. The molecule has 0 spiro atoms. The zero-order chi connectivity index (χ0) is 15.8. The highest BCUT2D eigenvalue weighted by Gasteiger charge is 2.31. The number of aryl methyl sites for hydroxylation is 2.